The van der Waals surface area contributed by atoms with Crippen LogP contribution in [0, 0.1) is 0 Å². The molecule has 22 heavy (non-hydrogen) atoms. The second-order valence-electron chi connectivity index (χ2n) is 4.58. The number of hydrogen-bond acceptors (Lipinski definition) is 4. The van der Waals surface area contributed by atoms with Crippen molar-refractivity contribution in [2.24, 2.45) is 0 Å². The largest absolute Gasteiger partial charge is 0.486 e. The summed E-state index contributed by atoms with van der Waals surface area (Å²) in [7, 11) is 0. The summed E-state index contributed by atoms with van der Waals surface area (Å²) in [6, 6.07) is 16.5. The topological polar surface area (TPSA) is 59.4 Å². The molecular formula is C17H13NO3S. The Morgan fingerprint density at radius 2 is 1.82 bits per heavy atom. The van der Waals surface area contributed by atoms with Crippen LogP contribution in [-0.4, -0.2) is 16.1 Å². The van der Waals surface area contributed by atoms with Crippen LogP contribution in [0.15, 0.2) is 60.0 Å². The van der Waals surface area contributed by atoms with Gasteiger partial charge in [0.2, 0.25) is 0 Å². The predicted molar refractivity (Wildman–Crippen MR) is 85.3 cm³/mol. The zero-order chi connectivity index (χ0) is 15.4. The van der Waals surface area contributed by atoms with Gasteiger partial charge in [-0.1, -0.05) is 42.5 Å². The van der Waals surface area contributed by atoms with E-state index in [0.717, 1.165) is 16.3 Å². The van der Waals surface area contributed by atoms with Gasteiger partial charge in [0, 0.05) is 10.9 Å². The van der Waals surface area contributed by atoms with E-state index < -0.39 is 5.97 Å². The fourth-order valence-corrected chi connectivity index (χ4v) is 2.74. The predicted octanol–water partition coefficient (Wildman–Crippen LogP) is 4.09. The first-order valence-corrected chi connectivity index (χ1v) is 7.57. The van der Waals surface area contributed by atoms with Crippen molar-refractivity contribution < 1.29 is 14.6 Å². The lowest BCUT2D eigenvalue weighted by molar-refractivity contribution is 0.0691. The van der Waals surface area contributed by atoms with Gasteiger partial charge in [-0.25, -0.2) is 9.78 Å². The van der Waals surface area contributed by atoms with Gasteiger partial charge in [-0.3, -0.25) is 0 Å². The van der Waals surface area contributed by atoms with E-state index in [-0.39, 0.29) is 12.2 Å². The summed E-state index contributed by atoms with van der Waals surface area (Å²) in [5, 5.41) is 11.9. The smallest absolute Gasteiger partial charge is 0.339 e. The van der Waals surface area contributed by atoms with E-state index in [0.29, 0.717) is 5.75 Å². The number of ether oxygens (including phenoxy) is 1. The number of aromatic nitrogens is 1. The molecule has 4 nitrogen and oxygen atoms in total. The Bertz CT molecular complexity index is 783. The molecule has 0 aliphatic heterocycles. The maximum atomic E-state index is 11.1. The van der Waals surface area contributed by atoms with Gasteiger partial charge in [0.15, 0.2) is 0 Å². The molecule has 0 saturated heterocycles. The first-order valence-electron chi connectivity index (χ1n) is 6.69. The quantitative estimate of drug-likeness (QED) is 0.771. The highest BCUT2D eigenvalue weighted by Crippen LogP contribution is 2.24. The summed E-state index contributed by atoms with van der Waals surface area (Å²) in [5.41, 5.74) is 2.11. The van der Waals surface area contributed by atoms with Crippen LogP contribution < -0.4 is 4.74 Å². The van der Waals surface area contributed by atoms with Crippen LogP contribution in [0.1, 0.15) is 15.4 Å². The summed E-state index contributed by atoms with van der Waals surface area (Å²) in [4.78, 5) is 15.6. The molecule has 2 aromatic carbocycles. The van der Waals surface area contributed by atoms with Crippen molar-refractivity contribution >= 4 is 17.3 Å². The van der Waals surface area contributed by atoms with Gasteiger partial charge in [0.25, 0.3) is 0 Å². The van der Waals surface area contributed by atoms with Gasteiger partial charge in [-0.15, -0.1) is 11.3 Å². The molecule has 1 aromatic heterocycles. The van der Waals surface area contributed by atoms with E-state index in [1.165, 1.54) is 17.4 Å². The monoisotopic (exact) mass is 311 g/mol. The second-order valence-corrected chi connectivity index (χ2v) is 5.53. The summed E-state index contributed by atoms with van der Waals surface area (Å²) in [6.45, 7) is 0.252. The zero-order valence-electron chi connectivity index (χ0n) is 11.6. The fourth-order valence-electron chi connectivity index (χ4n) is 2.03. The minimum atomic E-state index is -1.00. The molecule has 1 heterocycles. The lowest BCUT2D eigenvalue weighted by atomic mass is 10.2. The first kappa shape index (κ1) is 14.3. The number of carboxylic acid groups (broad SMARTS) is 1. The van der Waals surface area contributed by atoms with Gasteiger partial charge in [0.05, 0.1) is 5.69 Å². The third-order valence-electron chi connectivity index (χ3n) is 3.09. The second kappa shape index (κ2) is 6.41. The van der Waals surface area contributed by atoms with E-state index in [2.05, 4.69) is 4.98 Å². The Hall–Kier alpha value is -2.66. The maximum Gasteiger partial charge on any atom is 0.339 e. The van der Waals surface area contributed by atoms with E-state index >= 15 is 0 Å². The molecule has 0 aliphatic rings. The van der Waals surface area contributed by atoms with Crippen molar-refractivity contribution in [3.05, 3.63) is 70.5 Å². The average Bonchev–Trinajstić information content (AvgIpc) is 3.03. The molecule has 0 radical (unpaired) electrons. The normalized spacial score (nSPS) is 10.4. The molecule has 0 saturated carbocycles. The van der Waals surface area contributed by atoms with Crippen LogP contribution >= 0.6 is 11.3 Å². The minimum Gasteiger partial charge on any atom is -0.486 e. The Labute approximate surface area is 131 Å². The molecule has 0 spiro atoms. The van der Waals surface area contributed by atoms with E-state index in [9.17, 15) is 4.79 Å². The van der Waals surface area contributed by atoms with Crippen LogP contribution in [0.25, 0.3) is 11.3 Å². The number of para-hydroxylation sites is 1. The number of rotatable bonds is 5. The van der Waals surface area contributed by atoms with Crippen LogP contribution in [-0.2, 0) is 6.61 Å². The van der Waals surface area contributed by atoms with Crippen LogP contribution in [0.5, 0.6) is 5.75 Å². The van der Waals surface area contributed by atoms with Gasteiger partial charge in [-0.2, -0.15) is 0 Å². The van der Waals surface area contributed by atoms with Crippen molar-refractivity contribution in [2.75, 3.05) is 0 Å². The van der Waals surface area contributed by atoms with Crippen LogP contribution in [0.4, 0.5) is 0 Å². The molecular weight excluding hydrogens is 298 g/mol. The van der Waals surface area contributed by atoms with Crippen LogP contribution in [0.2, 0.25) is 0 Å². The molecule has 5 heteroatoms. The standard InChI is InChI=1S/C17H13NO3S/c19-17(20)13-8-4-5-9-15(13)21-10-16-18-14(11-22-16)12-6-2-1-3-7-12/h1-9,11H,10H2,(H,19,20). The molecule has 0 amide bonds. The number of aromatic carboxylic acids is 1. The maximum absolute atomic E-state index is 11.1. The summed E-state index contributed by atoms with van der Waals surface area (Å²) < 4.78 is 5.60. The Balaban J connectivity index is 1.73. The van der Waals surface area contributed by atoms with Crippen molar-refractivity contribution in [1.82, 2.24) is 4.98 Å². The van der Waals surface area contributed by atoms with Gasteiger partial charge in [-0.05, 0) is 12.1 Å². The van der Waals surface area contributed by atoms with Gasteiger partial charge in [0.1, 0.15) is 22.9 Å². The van der Waals surface area contributed by atoms with Crippen molar-refractivity contribution in [2.45, 2.75) is 6.61 Å². The van der Waals surface area contributed by atoms with Crippen molar-refractivity contribution in [1.29, 1.82) is 0 Å². The molecule has 0 fully saturated rings. The Morgan fingerprint density at radius 3 is 2.59 bits per heavy atom. The summed E-state index contributed by atoms with van der Waals surface area (Å²) in [5.74, 6) is -0.647. The number of carboxylic acids is 1. The molecule has 0 bridgehead atoms. The van der Waals surface area contributed by atoms with E-state index in [1.54, 1.807) is 18.2 Å². The van der Waals surface area contributed by atoms with Crippen molar-refractivity contribution in [3.8, 4) is 17.0 Å². The SMILES string of the molecule is O=C(O)c1ccccc1OCc1nc(-c2ccccc2)cs1. The van der Waals surface area contributed by atoms with E-state index in [1.807, 2.05) is 35.7 Å². The van der Waals surface area contributed by atoms with Crippen molar-refractivity contribution in [3.63, 3.8) is 0 Å². The lowest BCUT2D eigenvalue weighted by Crippen LogP contribution is -2.03. The summed E-state index contributed by atoms with van der Waals surface area (Å²) >= 11 is 1.49. The third kappa shape index (κ3) is 3.15. The third-order valence-corrected chi connectivity index (χ3v) is 3.91. The number of nitrogens with zero attached hydrogens (tertiary/aromatic N) is 1. The molecule has 0 aliphatic carbocycles. The number of thiazole rings is 1. The highest BCUT2D eigenvalue weighted by molar-refractivity contribution is 7.09. The van der Waals surface area contributed by atoms with Gasteiger partial charge >= 0.3 is 5.97 Å². The molecule has 0 unspecified atom stereocenters. The number of hydrogen-bond donors (Lipinski definition) is 1. The molecule has 1 N–H and O–H groups in total. The van der Waals surface area contributed by atoms with E-state index in [4.69, 9.17) is 9.84 Å². The zero-order valence-corrected chi connectivity index (χ0v) is 12.4. The molecule has 110 valence electrons. The fraction of sp³-hybridized carbons (Fsp3) is 0.0588. The highest BCUT2D eigenvalue weighted by atomic mass is 32.1. The Kier molecular flexibility index (Phi) is 4.16. The number of carbonyl (C=O) groups is 1. The van der Waals surface area contributed by atoms with Gasteiger partial charge < -0.3 is 9.84 Å². The Morgan fingerprint density at radius 1 is 1.09 bits per heavy atom. The molecule has 3 rings (SSSR count). The molecule has 3 aromatic rings. The van der Waals surface area contributed by atoms with Crippen LogP contribution in [0.3, 0.4) is 0 Å². The number of benzene rings is 2. The average molecular weight is 311 g/mol. The highest BCUT2D eigenvalue weighted by Gasteiger charge is 2.11. The minimum absolute atomic E-state index is 0.155. The first-order chi connectivity index (χ1) is 10.7. The lowest BCUT2D eigenvalue weighted by Gasteiger charge is -2.06. The summed E-state index contributed by atoms with van der Waals surface area (Å²) in [6.07, 6.45) is 0. The molecule has 0 atom stereocenters.